The first-order valence-corrected chi connectivity index (χ1v) is 4.21. The smallest absolute Gasteiger partial charge is 0.243 e. The summed E-state index contributed by atoms with van der Waals surface area (Å²) in [5.41, 5.74) is 0. The molecule has 1 unspecified atom stereocenters. The van der Waals surface area contributed by atoms with Gasteiger partial charge in [-0.15, -0.1) is 0 Å². The van der Waals surface area contributed by atoms with Gasteiger partial charge in [-0.1, -0.05) is 19.0 Å². The number of nitrogens with one attached hydrogen (secondary N) is 1. The summed E-state index contributed by atoms with van der Waals surface area (Å²) in [6.45, 7) is 7.77. The molecule has 0 saturated carbocycles. The van der Waals surface area contributed by atoms with E-state index >= 15 is 0 Å². The van der Waals surface area contributed by atoms with Crippen molar-refractivity contribution in [3.05, 3.63) is 11.7 Å². The Morgan fingerprint density at radius 3 is 2.33 bits per heavy atom. The molecule has 1 aromatic heterocycles. The van der Waals surface area contributed by atoms with Crippen LogP contribution in [-0.4, -0.2) is 17.2 Å². The van der Waals surface area contributed by atoms with E-state index in [9.17, 15) is 0 Å². The Morgan fingerprint density at radius 2 is 2.00 bits per heavy atom. The van der Waals surface area contributed by atoms with Crippen molar-refractivity contribution >= 4 is 0 Å². The van der Waals surface area contributed by atoms with Crippen molar-refractivity contribution in [3.63, 3.8) is 0 Å². The summed E-state index contributed by atoms with van der Waals surface area (Å²) in [6.07, 6.45) is 0. The molecular formula is C8H17N3O. The zero-order chi connectivity index (χ0) is 9.56. The lowest BCUT2D eigenvalue weighted by Crippen LogP contribution is -2.12. The van der Waals surface area contributed by atoms with E-state index in [1.165, 1.54) is 0 Å². The average Bonchev–Trinajstić information content (AvgIpc) is 2.54. The monoisotopic (exact) mass is 171 g/mol. The number of aromatic nitrogens is 2. The molecule has 0 fully saturated rings. The van der Waals surface area contributed by atoms with Crippen LogP contribution in [0, 0.1) is 6.92 Å². The van der Waals surface area contributed by atoms with E-state index in [1.807, 2.05) is 27.8 Å². The molecule has 1 rings (SSSR count). The van der Waals surface area contributed by atoms with E-state index in [-0.39, 0.29) is 6.04 Å². The molecule has 0 bridgehead atoms. The molecule has 1 heterocycles. The topological polar surface area (TPSA) is 51.0 Å². The summed E-state index contributed by atoms with van der Waals surface area (Å²) in [5.74, 6) is 1.32. The molecule has 12 heavy (non-hydrogen) atoms. The molecule has 4 nitrogen and oxygen atoms in total. The molecule has 4 heteroatoms. The summed E-state index contributed by atoms with van der Waals surface area (Å²) in [4.78, 5) is 4.04. The second-order valence-electron chi connectivity index (χ2n) is 2.19. The number of rotatable bonds is 2. The normalized spacial score (nSPS) is 11.8. The number of hydrogen-bond donors (Lipinski definition) is 1. The third kappa shape index (κ3) is 3.00. The molecule has 0 aliphatic carbocycles. The minimum absolute atomic E-state index is 0.140. The minimum atomic E-state index is 0.140. The average molecular weight is 171 g/mol. The van der Waals surface area contributed by atoms with Crippen LogP contribution < -0.4 is 5.32 Å². The van der Waals surface area contributed by atoms with E-state index in [4.69, 9.17) is 4.52 Å². The Morgan fingerprint density at radius 1 is 1.42 bits per heavy atom. The van der Waals surface area contributed by atoms with Gasteiger partial charge in [0, 0.05) is 0 Å². The van der Waals surface area contributed by atoms with Crippen LogP contribution in [0.2, 0.25) is 0 Å². The first-order chi connectivity index (χ1) is 5.74. The van der Waals surface area contributed by atoms with Crippen LogP contribution in [0.4, 0.5) is 0 Å². The highest BCUT2D eigenvalue weighted by molar-refractivity contribution is 4.88. The highest BCUT2D eigenvalue weighted by Crippen LogP contribution is 2.06. The summed E-state index contributed by atoms with van der Waals surface area (Å²) in [6, 6.07) is 0.140. The summed E-state index contributed by atoms with van der Waals surface area (Å²) >= 11 is 0. The van der Waals surface area contributed by atoms with Gasteiger partial charge < -0.3 is 9.84 Å². The van der Waals surface area contributed by atoms with Crippen LogP contribution in [-0.2, 0) is 0 Å². The van der Waals surface area contributed by atoms with Crippen molar-refractivity contribution in [2.45, 2.75) is 33.7 Å². The Bertz CT molecular complexity index is 210. The van der Waals surface area contributed by atoms with Crippen molar-refractivity contribution < 1.29 is 4.52 Å². The second-order valence-corrected chi connectivity index (χ2v) is 2.19. The third-order valence-electron chi connectivity index (χ3n) is 1.35. The van der Waals surface area contributed by atoms with Gasteiger partial charge in [0.2, 0.25) is 5.89 Å². The number of nitrogens with zero attached hydrogens (tertiary/aromatic N) is 2. The first-order valence-electron chi connectivity index (χ1n) is 4.21. The van der Waals surface area contributed by atoms with Crippen LogP contribution in [0.15, 0.2) is 4.52 Å². The highest BCUT2D eigenvalue weighted by atomic mass is 16.5. The molecule has 1 N–H and O–H groups in total. The van der Waals surface area contributed by atoms with Crippen LogP contribution in [0.3, 0.4) is 0 Å². The fourth-order valence-electron chi connectivity index (χ4n) is 0.612. The maximum absolute atomic E-state index is 4.89. The molecule has 0 aliphatic heterocycles. The zero-order valence-corrected chi connectivity index (χ0v) is 8.38. The molecule has 0 radical (unpaired) electrons. The fourth-order valence-corrected chi connectivity index (χ4v) is 0.612. The number of hydrogen-bond acceptors (Lipinski definition) is 4. The fraction of sp³-hybridized carbons (Fsp3) is 0.750. The van der Waals surface area contributed by atoms with E-state index in [0.717, 1.165) is 0 Å². The van der Waals surface area contributed by atoms with Crippen LogP contribution in [0.25, 0.3) is 0 Å². The third-order valence-corrected chi connectivity index (χ3v) is 1.35. The van der Waals surface area contributed by atoms with Gasteiger partial charge in [-0.3, -0.25) is 0 Å². The van der Waals surface area contributed by atoms with Crippen LogP contribution >= 0.6 is 0 Å². The molecule has 0 saturated heterocycles. The predicted molar refractivity (Wildman–Crippen MR) is 47.9 cm³/mol. The number of aryl methyl sites for hydroxylation is 1. The van der Waals surface area contributed by atoms with E-state index in [0.29, 0.717) is 11.7 Å². The largest absolute Gasteiger partial charge is 0.338 e. The second kappa shape index (κ2) is 5.71. The van der Waals surface area contributed by atoms with Gasteiger partial charge in [0.15, 0.2) is 5.82 Å². The molecule has 0 aromatic carbocycles. The molecule has 1 aromatic rings. The lowest BCUT2D eigenvalue weighted by molar-refractivity contribution is 0.344. The minimum Gasteiger partial charge on any atom is -0.338 e. The molecule has 0 spiro atoms. The van der Waals surface area contributed by atoms with Crippen molar-refractivity contribution in [2.24, 2.45) is 0 Å². The van der Waals surface area contributed by atoms with Gasteiger partial charge >= 0.3 is 0 Å². The maximum Gasteiger partial charge on any atom is 0.243 e. The van der Waals surface area contributed by atoms with Gasteiger partial charge in [-0.2, -0.15) is 4.98 Å². The van der Waals surface area contributed by atoms with Gasteiger partial charge in [0.05, 0.1) is 6.04 Å². The van der Waals surface area contributed by atoms with Crippen molar-refractivity contribution in [2.75, 3.05) is 7.05 Å². The predicted octanol–water partition coefficient (Wildman–Crippen LogP) is 1.68. The lowest BCUT2D eigenvalue weighted by atomic mass is 10.3. The van der Waals surface area contributed by atoms with E-state index < -0.39 is 0 Å². The van der Waals surface area contributed by atoms with Crippen LogP contribution in [0.1, 0.15) is 38.5 Å². The SMILES string of the molecule is CC.CNC(C)c1nc(C)no1. The molecular weight excluding hydrogens is 154 g/mol. The summed E-state index contributed by atoms with van der Waals surface area (Å²) < 4.78 is 4.89. The van der Waals surface area contributed by atoms with Crippen molar-refractivity contribution in [1.29, 1.82) is 0 Å². The Balaban J connectivity index is 0.000000561. The van der Waals surface area contributed by atoms with Gasteiger partial charge in [0.25, 0.3) is 0 Å². The Hall–Kier alpha value is -0.900. The first kappa shape index (κ1) is 11.1. The highest BCUT2D eigenvalue weighted by Gasteiger charge is 2.08. The lowest BCUT2D eigenvalue weighted by Gasteiger charge is -2.00. The van der Waals surface area contributed by atoms with Gasteiger partial charge in [0.1, 0.15) is 0 Å². The zero-order valence-electron chi connectivity index (χ0n) is 8.38. The molecule has 70 valence electrons. The summed E-state index contributed by atoms with van der Waals surface area (Å²) in [7, 11) is 1.85. The molecule has 0 amide bonds. The van der Waals surface area contributed by atoms with E-state index in [1.54, 1.807) is 6.92 Å². The quantitative estimate of drug-likeness (QED) is 0.735. The molecule has 1 atom stereocenters. The summed E-state index contributed by atoms with van der Waals surface area (Å²) in [5, 5.41) is 6.66. The van der Waals surface area contributed by atoms with Crippen molar-refractivity contribution in [3.8, 4) is 0 Å². The van der Waals surface area contributed by atoms with Gasteiger partial charge in [-0.05, 0) is 20.9 Å². The Kier molecular flexibility index (Phi) is 5.28. The Labute approximate surface area is 73.4 Å². The van der Waals surface area contributed by atoms with E-state index in [2.05, 4.69) is 15.5 Å². The molecule has 0 aliphatic rings. The standard InChI is InChI=1S/C6H11N3O.C2H6/c1-4(7-3)6-8-5(2)9-10-6;1-2/h4,7H,1-3H3;1-2H3. The van der Waals surface area contributed by atoms with Crippen molar-refractivity contribution in [1.82, 2.24) is 15.5 Å². The van der Waals surface area contributed by atoms with Gasteiger partial charge in [-0.25, -0.2) is 0 Å². The van der Waals surface area contributed by atoms with Crippen LogP contribution in [0.5, 0.6) is 0 Å². The maximum atomic E-state index is 4.89.